The van der Waals surface area contributed by atoms with Crippen molar-refractivity contribution in [2.24, 2.45) is 0 Å². The summed E-state index contributed by atoms with van der Waals surface area (Å²) < 4.78 is 1.29. The number of halogens is 1. The molecule has 0 nitrogen and oxygen atoms in total. The molecule has 2 heteroatoms. The lowest BCUT2D eigenvalue weighted by Crippen LogP contribution is -1.61. The normalized spacial score (nSPS) is 7.62. The highest BCUT2D eigenvalue weighted by Gasteiger charge is 1.74. The van der Waals surface area contributed by atoms with Crippen LogP contribution in [0.5, 0.6) is 0 Å². The Bertz CT molecular complexity index is 138. The van der Waals surface area contributed by atoms with Crippen LogP contribution in [0.25, 0.3) is 0 Å². The Hall–Kier alpha value is 0.716. The molecule has 0 bridgehead atoms. The van der Waals surface area contributed by atoms with Gasteiger partial charge in [0.2, 0.25) is 0 Å². The van der Waals surface area contributed by atoms with E-state index in [1.165, 1.54) is 3.57 Å². The molecule has 0 unspecified atom stereocenters. The summed E-state index contributed by atoms with van der Waals surface area (Å²) in [5.74, 6) is 0. The van der Waals surface area contributed by atoms with Crippen molar-refractivity contribution >= 4 is 45.6 Å². The van der Waals surface area contributed by atoms with Gasteiger partial charge in [0.05, 0.1) is 0 Å². The van der Waals surface area contributed by atoms with E-state index in [1.54, 1.807) is 0 Å². The van der Waals surface area contributed by atoms with E-state index in [0.717, 1.165) is 0 Å². The summed E-state index contributed by atoms with van der Waals surface area (Å²) in [6, 6.07) is 10.2. The Labute approximate surface area is 79.0 Å². The van der Waals surface area contributed by atoms with Crippen molar-refractivity contribution in [2.75, 3.05) is 0 Å². The Morgan fingerprint density at radius 2 is 1.50 bits per heavy atom. The molecule has 0 fully saturated rings. The molecule has 0 N–H and O–H groups in total. The molecule has 0 aliphatic rings. The summed E-state index contributed by atoms with van der Waals surface area (Å²) in [7, 11) is 0. The van der Waals surface area contributed by atoms with Gasteiger partial charge in [-0.2, -0.15) is 0 Å². The fourth-order valence-electron chi connectivity index (χ4n) is 0.415. The van der Waals surface area contributed by atoms with E-state index < -0.39 is 0 Å². The second kappa shape index (κ2) is 4.58. The average Bonchev–Trinajstić information content (AvgIpc) is 1.69. The third-order valence-corrected chi connectivity index (χ3v) is 1.45. The molecule has 0 aliphatic heterocycles. The van der Waals surface area contributed by atoms with E-state index in [4.69, 9.17) is 0 Å². The molecular formula is C6H5IMg. The zero-order chi connectivity index (χ0) is 5.11. The minimum atomic E-state index is 0. The van der Waals surface area contributed by atoms with Crippen LogP contribution in [0.4, 0.5) is 0 Å². The summed E-state index contributed by atoms with van der Waals surface area (Å²) in [5.41, 5.74) is 0. The highest BCUT2D eigenvalue weighted by atomic mass is 127. The Kier molecular flexibility index (Phi) is 4.99. The molecule has 0 atom stereocenters. The SMILES string of the molecule is Ic1ccccc1.[Mg]. The van der Waals surface area contributed by atoms with Crippen LogP contribution in [0.3, 0.4) is 0 Å². The topological polar surface area (TPSA) is 0 Å². The molecule has 0 saturated carbocycles. The van der Waals surface area contributed by atoms with Crippen molar-refractivity contribution < 1.29 is 0 Å². The maximum absolute atomic E-state index is 2.28. The molecule has 1 aromatic carbocycles. The van der Waals surface area contributed by atoms with E-state index in [1.807, 2.05) is 18.2 Å². The molecule has 1 aromatic rings. The molecular weight excluding hydrogens is 223 g/mol. The summed E-state index contributed by atoms with van der Waals surface area (Å²) in [6.07, 6.45) is 0. The van der Waals surface area contributed by atoms with Crippen molar-refractivity contribution in [1.29, 1.82) is 0 Å². The molecule has 0 heterocycles. The van der Waals surface area contributed by atoms with Crippen LogP contribution in [-0.2, 0) is 0 Å². The van der Waals surface area contributed by atoms with E-state index in [0.29, 0.717) is 0 Å². The third-order valence-electron chi connectivity index (χ3n) is 0.733. The average molecular weight is 228 g/mol. The predicted octanol–water partition coefficient (Wildman–Crippen LogP) is 1.91. The minimum absolute atomic E-state index is 0. The smallest absolute Gasteiger partial charge is 0.0130 e. The van der Waals surface area contributed by atoms with Gasteiger partial charge < -0.3 is 0 Å². The first-order valence-electron chi connectivity index (χ1n) is 2.10. The monoisotopic (exact) mass is 228 g/mol. The minimum Gasteiger partial charge on any atom is -0.0622 e. The lowest BCUT2D eigenvalue weighted by molar-refractivity contribution is 1.65. The highest BCUT2D eigenvalue weighted by molar-refractivity contribution is 14.1. The Morgan fingerprint density at radius 3 is 1.75 bits per heavy atom. The van der Waals surface area contributed by atoms with Gasteiger partial charge >= 0.3 is 0 Å². The van der Waals surface area contributed by atoms with Crippen LogP contribution >= 0.6 is 22.6 Å². The molecule has 0 aliphatic carbocycles. The second-order valence-corrected chi connectivity index (χ2v) is 2.54. The molecule has 2 radical (unpaired) electrons. The molecule has 8 heavy (non-hydrogen) atoms. The number of rotatable bonds is 0. The quantitative estimate of drug-likeness (QED) is 0.470. The highest BCUT2D eigenvalue weighted by Crippen LogP contribution is 1.99. The van der Waals surface area contributed by atoms with Gasteiger partial charge in [-0.25, -0.2) is 0 Å². The Balaban J connectivity index is 0.000000490. The number of hydrogen-bond acceptors (Lipinski definition) is 0. The van der Waals surface area contributed by atoms with Crippen LogP contribution in [-0.4, -0.2) is 23.1 Å². The van der Waals surface area contributed by atoms with Crippen LogP contribution in [0, 0.1) is 3.57 Å². The van der Waals surface area contributed by atoms with Crippen LogP contribution < -0.4 is 0 Å². The van der Waals surface area contributed by atoms with E-state index in [2.05, 4.69) is 34.7 Å². The maximum atomic E-state index is 2.28. The molecule has 0 spiro atoms. The second-order valence-electron chi connectivity index (χ2n) is 1.30. The van der Waals surface area contributed by atoms with Crippen LogP contribution in [0.15, 0.2) is 30.3 Å². The van der Waals surface area contributed by atoms with E-state index in [-0.39, 0.29) is 23.1 Å². The zero-order valence-electron chi connectivity index (χ0n) is 4.47. The molecule has 38 valence electrons. The van der Waals surface area contributed by atoms with Gasteiger partial charge in [-0.05, 0) is 34.7 Å². The summed E-state index contributed by atoms with van der Waals surface area (Å²) in [6.45, 7) is 0. The first-order chi connectivity index (χ1) is 3.39. The lowest BCUT2D eigenvalue weighted by atomic mass is 10.4. The fourth-order valence-corrected chi connectivity index (χ4v) is 0.830. The molecule has 0 amide bonds. The van der Waals surface area contributed by atoms with Crippen LogP contribution in [0.1, 0.15) is 0 Å². The van der Waals surface area contributed by atoms with Crippen molar-refractivity contribution in [1.82, 2.24) is 0 Å². The van der Waals surface area contributed by atoms with Gasteiger partial charge in [-0.3, -0.25) is 0 Å². The van der Waals surface area contributed by atoms with Crippen LogP contribution in [0.2, 0.25) is 0 Å². The van der Waals surface area contributed by atoms with Crippen molar-refractivity contribution in [2.45, 2.75) is 0 Å². The number of benzene rings is 1. The largest absolute Gasteiger partial charge is 0.0622 e. The summed E-state index contributed by atoms with van der Waals surface area (Å²) >= 11 is 2.28. The predicted molar refractivity (Wildman–Crippen MR) is 44.9 cm³/mol. The summed E-state index contributed by atoms with van der Waals surface area (Å²) in [4.78, 5) is 0. The van der Waals surface area contributed by atoms with E-state index in [9.17, 15) is 0 Å². The maximum Gasteiger partial charge on any atom is 0.0130 e. The first-order valence-corrected chi connectivity index (χ1v) is 3.18. The van der Waals surface area contributed by atoms with E-state index >= 15 is 0 Å². The molecule has 0 aromatic heterocycles. The van der Waals surface area contributed by atoms with Gasteiger partial charge in [-0.1, -0.05) is 18.2 Å². The Morgan fingerprint density at radius 1 is 1.00 bits per heavy atom. The zero-order valence-corrected chi connectivity index (χ0v) is 8.04. The summed E-state index contributed by atoms with van der Waals surface area (Å²) in [5, 5.41) is 0. The van der Waals surface area contributed by atoms with Gasteiger partial charge in [0, 0.05) is 26.6 Å². The number of hydrogen-bond donors (Lipinski definition) is 0. The third kappa shape index (κ3) is 2.89. The van der Waals surface area contributed by atoms with Crippen molar-refractivity contribution in [3.8, 4) is 0 Å². The first kappa shape index (κ1) is 8.72. The molecule has 0 saturated heterocycles. The van der Waals surface area contributed by atoms with Crippen molar-refractivity contribution in [3.63, 3.8) is 0 Å². The van der Waals surface area contributed by atoms with Gasteiger partial charge in [0.15, 0.2) is 0 Å². The van der Waals surface area contributed by atoms with Gasteiger partial charge in [0.25, 0.3) is 0 Å². The standard InChI is InChI=1S/C6H5I.Mg/c7-6-4-2-1-3-5-6;/h1-5H;. The van der Waals surface area contributed by atoms with Gasteiger partial charge in [0.1, 0.15) is 0 Å². The van der Waals surface area contributed by atoms with Gasteiger partial charge in [-0.15, -0.1) is 0 Å². The molecule has 1 rings (SSSR count). The fraction of sp³-hybridized carbons (Fsp3) is 0. The lowest BCUT2D eigenvalue weighted by Gasteiger charge is -1.80. The van der Waals surface area contributed by atoms with Crippen molar-refractivity contribution in [3.05, 3.63) is 33.9 Å².